The molecule has 2 aromatic heterocycles. The lowest BCUT2D eigenvalue weighted by Crippen LogP contribution is -2.54. The van der Waals surface area contributed by atoms with Crippen LogP contribution in [0.15, 0.2) is 60.8 Å². The lowest BCUT2D eigenvalue weighted by molar-refractivity contribution is -0.146. The van der Waals surface area contributed by atoms with Gasteiger partial charge in [0.05, 0.1) is 22.2 Å². The van der Waals surface area contributed by atoms with E-state index in [1.807, 2.05) is 63.4 Å². The summed E-state index contributed by atoms with van der Waals surface area (Å²) in [6.07, 6.45) is 2.69. The summed E-state index contributed by atoms with van der Waals surface area (Å²) >= 11 is 0. The largest absolute Gasteiger partial charge is 0.369 e. The summed E-state index contributed by atoms with van der Waals surface area (Å²) in [6.45, 7) is 4.93. The number of aryl methyl sites for hydroxylation is 3. The number of para-hydroxylation sites is 1. The van der Waals surface area contributed by atoms with Gasteiger partial charge in [0.25, 0.3) is 17.7 Å². The molecule has 4 aliphatic heterocycles. The SMILES string of the molecule is Cc1cccc(C)c1Nc1nn(C)c2nc(Nc3ccc(C4CCN(C(=O)C5(F)CCN(c6cc7c(cc6F)C(=O)N(C6CCC(=O)NC6=O)C7=O)CC5)CC4)cc3)ncc12. The Kier molecular flexibility index (Phi) is 9.99. The number of rotatable bonds is 8. The topological polar surface area (TPSA) is 175 Å². The summed E-state index contributed by atoms with van der Waals surface area (Å²) in [6, 6.07) is 15.2. The van der Waals surface area contributed by atoms with E-state index in [1.54, 1.807) is 20.7 Å². The number of likely N-dealkylation sites (tertiary alicyclic amines) is 1. The highest BCUT2D eigenvalue weighted by atomic mass is 19.1. The van der Waals surface area contributed by atoms with E-state index >= 15 is 8.78 Å². The van der Waals surface area contributed by atoms with Crippen molar-refractivity contribution in [3.63, 3.8) is 0 Å². The maximum Gasteiger partial charge on any atom is 0.262 e. The number of imide groups is 2. The van der Waals surface area contributed by atoms with Crippen LogP contribution in [0.5, 0.6) is 0 Å². The maximum atomic E-state index is 16.4. The molecule has 3 saturated heterocycles. The molecule has 6 heterocycles. The molecule has 0 aliphatic carbocycles. The molecule has 0 spiro atoms. The van der Waals surface area contributed by atoms with Gasteiger partial charge in [0.15, 0.2) is 17.1 Å². The molecule has 17 heteroatoms. The lowest BCUT2D eigenvalue weighted by atomic mass is 9.87. The Hall–Kier alpha value is -6.78. The zero-order valence-corrected chi connectivity index (χ0v) is 33.9. The third-order valence-corrected chi connectivity index (χ3v) is 12.5. The highest BCUT2D eigenvalue weighted by molar-refractivity contribution is 6.23. The Morgan fingerprint density at radius 1 is 0.885 bits per heavy atom. The molecule has 61 heavy (non-hydrogen) atoms. The van der Waals surface area contributed by atoms with Crippen molar-refractivity contribution in [3.05, 3.63) is 94.4 Å². The van der Waals surface area contributed by atoms with Crippen molar-refractivity contribution < 1.29 is 32.8 Å². The molecule has 0 radical (unpaired) electrons. The standard InChI is InChI=1S/C44H44F2N10O5/c1-24-5-4-6-25(2)36(24)50-37-31-23-47-43(51-38(31)53(3)52-37)48-28-9-7-26(8-10-28)27-13-17-55(18-14-27)42(61)44(46)15-19-54(20-16-44)34-22-30-29(21-32(34)45)40(59)56(41(30)60)33-11-12-35(57)49-39(33)58/h4-10,21-23,27,33H,11-20H2,1-3H3,(H,50,52)(H,47,48,51)(H,49,57,58). The summed E-state index contributed by atoms with van der Waals surface area (Å²) in [5.74, 6) is -2.88. The molecule has 0 saturated carbocycles. The molecule has 9 rings (SSSR count). The van der Waals surface area contributed by atoms with Crippen LogP contribution < -0.4 is 20.9 Å². The molecule has 1 atom stereocenters. The number of benzene rings is 3. The van der Waals surface area contributed by atoms with Crippen LogP contribution in [0.2, 0.25) is 0 Å². The fraction of sp³-hybridized carbons (Fsp3) is 0.364. The number of nitrogens with one attached hydrogen (secondary N) is 3. The van der Waals surface area contributed by atoms with Gasteiger partial charge in [-0.15, -0.1) is 0 Å². The molecule has 15 nitrogen and oxygen atoms in total. The number of carbonyl (C=O) groups is 5. The Morgan fingerprint density at radius 3 is 2.23 bits per heavy atom. The molecule has 3 aromatic carbocycles. The molecule has 1 unspecified atom stereocenters. The minimum absolute atomic E-state index is 0.0133. The number of aromatic nitrogens is 4. The van der Waals surface area contributed by atoms with Crippen LogP contribution in [0.25, 0.3) is 11.0 Å². The molecule has 3 fully saturated rings. The lowest BCUT2D eigenvalue weighted by Gasteiger charge is -2.41. The average molecular weight is 831 g/mol. The Labute approximate surface area is 349 Å². The summed E-state index contributed by atoms with van der Waals surface area (Å²) in [7, 11) is 1.84. The number of carbonyl (C=O) groups excluding carboxylic acids is 5. The van der Waals surface area contributed by atoms with Gasteiger partial charge in [-0.25, -0.2) is 18.4 Å². The fourth-order valence-corrected chi connectivity index (χ4v) is 9.02. The van der Waals surface area contributed by atoms with Crippen LogP contribution in [0, 0.1) is 19.7 Å². The quantitative estimate of drug-likeness (QED) is 0.163. The number of halogens is 2. The third-order valence-electron chi connectivity index (χ3n) is 12.5. The van der Waals surface area contributed by atoms with Crippen molar-refractivity contribution in [3.8, 4) is 0 Å². The van der Waals surface area contributed by atoms with E-state index in [4.69, 9.17) is 4.98 Å². The Bertz CT molecular complexity index is 2610. The summed E-state index contributed by atoms with van der Waals surface area (Å²) in [4.78, 5) is 77.3. The molecule has 0 bridgehead atoms. The zero-order chi connectivity index (χ0) is 42.7. The van der Waals surface area contributed by atoms with Gasteiger partial charge in [-0.2, -0.15) is 10.1 Å². The van der Waals surface area contributed by atoms with E-state index in [0.717, 1.165) is 44.4 Å². The highest BCUT2D eigenvalue weighted by Crippen LogP contribution is 2.38. The van der Waals surface area contributed by atoms with Gasteiger partial charge in [0.1, 0.15) is 11.9 Å². The second-order valence-corrected chi connectivity index (χ2v) is 16.4. The van der Waals surface area contributed by atoms with Gasteiger partial charge >= 0.3 is 0 Å². The number of hydrogen-bond acceptors (Lipinski definition) is 11. The minimum Gasteiger partial charge on any atom is -0.369 e. The summed E-state index contributed by atoms with van der Waals surface area (Å²) in [5, 5.41) is 14.3. The van der Waals surface area contributed by atoms with Gasteiger partial charge in [0, 0.05) is 70.1 Å². The van der Waals surface area contributed by atoms with Crippen molar-refractivity contribution in [1.82, 2.24) is 34.9 Å². The molecule has 5 amide bonds. The summed E-state index contributed by atoms with van der Waals surface area (Å²) in [5.41, 5.74) is 3.47. The minimum atomic E-state index is -2.13. The normalized spacial score (nSPS) is 19.4. The van der Waals surface area contributed by atoms with Crippen molar-refractivity contribution in [2.75, 3.05) is 41.7 Å². The molecular formula is C44H44F2N10O5. The van der Waals surface area contributed by atoms with Crippen LogP contribution >= 0.6 is 0 Å². The number of alkyl halides is 1. The van der Waals surface area contributed by atoms with Gasteiger partial charge < -0.3 is 20.4 Å². The van der Waals surface area contributed by atoms with Crippen LogP contribution in [0.3, 0.4) is 0 Å². The number of anilines is 5. The van der Waals surface area contributed by atoms with Crippen molar-refractivity contribution in [1.29, 1.82) is 0 Å². The van der Waals surface area contributed by atoms with Gasteiger partial charge in [-0.1, -0.05) is 30.3 Å². The third kappa shape index (κ3) is 7.20. The molecule has 314 valence electrons. The number of piperidine rings is 3. The van der Waals surface area contributed by atoms with E-state index in [1.165, 1.54) is 6.07 Å². The predicted octanol–water partition coefficient (Wildman–Crippen LogP) is 5.72. The smallest absolute Gasteiger partial charge is 0.262 e. The predicted molar refractivity (Wildman–Crippen MR) is 222 cm³/mol. The van der Waals surface area contributed by atoms with Gasteiger partial charge in [-0.05, 0) is 80.0 Å². The highest BCUT2D eigenvalue weighted by Gasteiger charge is 2.47. The monoisotopic (exact) mass is 830 g/mol. The first kappa shape index (κ1) is 39.7. The van der Waals surface area contributed by atoms with Crippen LogP contribution in [-0.4, -0.2) is 97.0 Å². The Morgan fingerprint density at radius 2 is 1.56 bits per heavy atom. The average Bonchev–Trinajstić information content (AvgIpc) is 3.69. The van der Waals surface area contributed by atoms with E-state index in [2.05, 4.69) is 26.0 Å². The molecular weight excluding hydrogens is 787 g/mol. The van der Waals surface area contributed by atoms with Crippen LogP contribution in [0.4, 0.5) is 37.6 Å². The number of hydrogen-bond donors (Lipinski definition) is 3. The fourth-order valence-electron chi connectivity index (χ4n) is 9.02. The number of amides is 5. The second kappa shape index (κ2) is 15.4. The van der Waals surface area contributed by atoms with Crippen molar-refractivity contribution in [2.24, 2.45) is 7.05 Å². The van der Waals surface area contributed by atoms with Crippen molar-refractivity contribution in [2.45, 2.75) is 70.0 Å². The van der Waals surface area contributed by atoms with E-state index < -0.39 is 47.1 Å². The van der Waals surface area contributed by atoms with E-state index in [9.17, 15) is 24.0 Å². The molecule has 5 aromatic rings. The Balaban J connectivity index is 0.786. The van der Waals surface area contributed by atoms with Crippen LogP contribution in [-0.2, 0) is 21.4 Å². The zero-order valence-electron chi connectivity index (χ0n) is 33.9. The van der Waals surface area contributed by atoms with Gasteiger partial charge in [-0.3, -0.25) is 34.2 Å². The first-order chi connectivity index (χ1) is 29.3. The number of fused-ring (bicyclic) bond motifs is 2. The van der Waals surface area contributed by atoms with E-state index in [-0.39, 0.29) is 61.5 Å². The molecule has 4 aliphatic rings. The number of nitrogens with zero attached hydrogens (tertiary/aromatic N) is 7. The first-order valence-electron chi connectivity index (χ1n) is 20.5. The second-order valence-electron chi connectivity index (χ2n) is 16.4. The molecule has 3 N–H and O–H groups in total. The van der Waals surface area contributed by atoms with Crippen molar-refractivity contribution >= 4 is 69.4 Å². The van der Waals surface area contributed by atoms with Gasteiger partial charge in [0.2, 0.25) is 17.8 Å². The van der Waals surface area contributed by atoms with Crippen LogP contribution in [0.1, 0.15) is 81.8 Å². The summed E-state index contributed by atoms with van der Waals surface area (Å²) < 4.78 is 33.6. The van der Waals surface area contributed by atoms with E-state index in [0.29, 0.717) is 43.3 Å². The first-order valence-corrected chi connectivity index (χ1v) is 20.5. The maximum absolute atomic E-state index is 16.4.